The van der Waals surface area contributed by atoms with E-state index in [0.29, 0.717) is 12.3 Å². The van der Waals surface area contributed by atoms with Crippen LogP contribution >= 0.6 is 0 Å². The lowest BCUT2D eigenvalue weighted by molar-refractivity contribution is -0.107. The lowest BCUT2D eigenvalue weighted by atomic mass is 10.0. The second-order valence-electron chi connectivity index (χ2n) is 3.95. The first-order valence-electron chi connectivity index (χ1n) is 5.12. The van der Waals surface area contributed by atoms with Gasteiger partial charge in [-0.05, 0) is 17.5 Å². The Bertz CT molecular complexity index is 485. The highest BCUT2D eigenvalue weighted by atomic mass is 16.1. The number of nitrogens with zero attached hydrogens (tertiary/aromatic N) is 2. The van der Waals surface area contributed by atoms with Crippen LogP contribution in [-0.4, -0.2) is 15.9 Å². The number of fused-ring (bicyclic) bond motifs is 1. The van der Waals surface area contributed by atoms with Gasteiger partial charge in [0.1, 0.15) is 6.29 Å². The van der Waals surface area contributed by atoms with Gasteiger partial charge in [0.05, 0.1) is 11.7 Å². The van der Waals surface area contributed by atoms with Crippen LogP contribution in [0.1, 0.15) is 30.9 Å². The number of hydrogen-bond donors (Lipinski definition) is 0. The fourth-order valence-corrected chi connectivity index (χ4v) is 1.84. The van der Waals surface area contributed by atoms with Crippen molar-refractivity contribution in [2.75, 3.05) is 0 Å². The average molecular weight is 202 g/mol. The van der Waals surface area contributed by atoms with Crippen molar-refractivity contribution >= 4 is 11.8 Å². The molecular weight excluding hydrogens is 188 g/mol. The van der Waals surface area contributed by atoms with Crippen molar-refractivity contribution in [3.8, 4) is 0 Å². The summed E-state index contributed by atoms with van der Waals surface area (Å²) in [7, 11) is 0. The number of carbonyl (C=O) groups is 1. The lowest BCUT2D eigenvalue weighted by Gasteiger charge is -2.08. The van der Waals surface area contributed by atoms with Crippen molar-refractivity contribution in [2.24, 2.45) is 0 Å². The number of rotatable bonds is 3. The molecule has 0 N–H and O–H groups in total. The van der Waals surface area contributed by atoms with Crippen LogP contribution in [0.25, 0.3) is 5.52 Å². The summed E-state index contributed by atoms with van der Waals surface area (Å²) < 4.78 is 1.84. The van der Waals surface area contributed by atoms with Crippen molar-refractivity contribution in [1.29, 1.82) is 0 Å². The number of aldehydes is 1. The third-order valence-electron chi connectivity index (χ3n) is 2.57. The second kappa shape index (κ2) is 3.85. The minimum atomic E-state index is 0.438. The van der Waals surface area contributed by atoms with E-state index in [0.717, 1.165) is 17.4 Å². The summed E-state index contributed by atoms with van der Waals surface area (Å²) in [5, 5.41) is 4.24. The van der Waals surface area contributed by atoms with Crippen LogP contribution in [0.2, 0.25) is 0 Å². The first kappa shape index (κ1) is 9.90. The van der Waals surface area contributed by atoms with Gasteiger partial charge in [-0.1, -0.05) is 19.9 Å². The Hall–Kier alpha value is -1.64. The van der Waals surface area contributed by atoms with E-state index >= 15 is 0 Å². The van der Waals surface area contributed by atoms with Gasteiger partial charge in [-0.3, -0.25) is 0 Å². The van der Waals surface area contributed by atoms with E-state index in [-0.39, 0.29) is 0 Å². The highest BCUT2D eigenvalue weighted by Gasteiger charge is 2.10. The van der Waals surface area contributed by atoms with Crippen molar-refractivity contribution in [2.45, 2.75) is 26.2 Å². The van der Waals surface area contributed by atoms with E-state index in [1.807, 2.05) is 16.8 Å². The van der Waals surface area contributed by atoms with Crippen LogP contribution in [0, 0.1) is 0 Å². The summed E-state index contributed by atoms with van der Waals surface area (Å²) in [6, 6.07) is 4.08. The molecule has 2 aromatic heterocycles. The molecule has 2 heterocycles. The minimum absolute atomic E-state index is 0.438. The maximum absolute atomic E-state index is 10.6. The third kappa shape index (κ3) is 1.65. The minimum Gasteiger partial charge on any atom is -0.303 e. The molecule has 0 aromatic carbocycles. The summed E-state index contributed by atoms with van der Waals surface area (Å²) in [4.78, 5) is 10.6. The summed E-state index contributed by atoms with van der Waals surface area (Å²) in [5.41, 5.74) is 3.33. The molecule has 0 fully saturated rings. The molecule has 2 rings (SSSR count). The second-order valence-corrected chi connectivity index (χ2v) is 3.95. The van der Waals surface area contributed by atoms with E-state index in [2.05, 4.69) is 25.0 Å². The zero-order valence-corrected chi connectivity index (χ0v) is 8.97. The number of pyridine rings is 1. The van der Waals surface area contributed by atoms with Gasteiger partial charge in [-0.15, -0.1) is 0 Å². The van der Waals surface area contributed by atoms with Gasteiger partial charge < -0.3 is 4.79 Å². The predicted octanol–water partition coefficient (Wildman–Crippen LogP) is 2.20. The molecule has 3 heteroatoms. The zero-order chi connectivity index (χ0) is 10.8. The van der Waals surface area contributed by atoms with E-state index in [1.165, 1.54) is 5.56 Å². The standard InChI is InChI=1S/C12H14N2O/c1-9(2)11-4-3-6-14-12(11)10(5-7-15)8-13-14/h3-4,6-9H,5H2,1-2H3. The Balaban J connectivity index is 2.68. The Labute approximate surface area is 88.7 Å². The van der Waals surface area contributed by atoms with E-state index in [1.54, 1.807) is 6.20 Å². The number of hydrogen-bond acceptors (Lipinski definition) is 2. The smallest absolute Gasteiger partial charge is 0.124 e. The molecule has 0 aliphatic heterocycles. The summed E-state index contributed by atoms with van der Waals surface area (Å²) >= 11 is 0. The zero-order valence-electron chi connectivity index (χ0n) is 8.97. The molecule has 0 spiro atoms. The van der Waals surface area contributed by atoms with Gasteiger partial charge in [0, 0.05) is 18.2 Å². The molecule has 0 aliphatic rings. The van der Waals surface area contributed by atoms with Gasteiger partial charge in [0.15, 0.2) is 0 Å². The summed E-state index contributed by atoms with van der Waals surface area (Å²) in [6.07, 6.45) is 5.05. The molecule has 78 valence electrons. The van der Waals surface area contributed by atoms with Crippen LogP contribution in [0.15, 0.2) is 24.5 Å². The Morgan fingerprint density at radius 3 is 3.00 bits per heavy atom. The van der Waals surface area contributed by atoms with Crippen LogP contribution in [0.4, 0.5) is 0 Å². The molecule has 0 radical (unpaired) electrons. The molecule has 0 saturated carbocycles. The summed E-state index contributed by atoms with van der Waals surface area (Å²) in [6.45, 7) is 4.29. The monoisotopic (exact) mass is 202 g/mol. The molecule has 0 saturated heterocycles. The molecular formula is C12H14N2O. The lowest BCUT2D eigenvalue weighted by Crippen LogP contribution is -1.96. The quantitative estimate of drug-likeness (QED) is 0.715. The summed E-state index contributed by atoms with van der Waals surface area (Å²) in [5.74, 6) is 0.441. The SMILES string of the molecule is CC(C)c1cccn2ncc(CC=O)c12. The highest BCUT2D eigenvalue weighted by Crippen LogP contribution is 2.23. The predicted molar refractivity (Wildman–Crippen MR) is 59.0 cm³/mol. The van der Waals surface area contributed by atoms with Gasteiger partial charge >= 0.3 is 0 Å². The molecule has 0 atom stereocenters. The topological polar surface area (TPSA) is 34.4 Å². The Morgan fingerprint density at radius 1 is 1.53 bits per heavy atom. The Morgan fingerprint density at radius 2 is 2.33 bits per heavy atom. The molecule has 0 unspecified atom stereocenters. The normalized spacial score (nSPS) is 11.1. The molecule has 0 amide bonds. The van der Waals surface area contributed by atoms with Gasteiger partial charge in [-0.25, -0.2) is 4.52 Å². The largest absolute Gasteiger partial charge is 0.303 e. The van der Waals surface area contributed by atoms with Crippen LogP contribution in [0.3, 0.4) is 0 Å². The number of carbonyl (C=O) groups excluding carboxylic acids is 1. The van der Waals surface area contributed by atoms with Crippen molar-refractivity contribution in [1.82, 2.24) is 9.61 Å². The van der Waals surface area contributed by atoms with Gasteiger partial charge in [-0.2, -0.15) is 5.10 Å². The van der Waals surface area contributed by atoms with E-state index in [9.17, 15) is 4.79 Å². The first-order valence-corrected chi connectivity index (χ1v) is 5.12. The maximum atomic E-state index is 10.6. The molecule has 3 nitrogen and oxygen atoms in total. The molecule has 2 aromatic rings. The van der Waals surface area contributed by atoms with Crippen molar-refractivity contribution in [3.63, 3.8) is 0 Å². The molecule has 0 bridgehead atoms. The Kier molecular flexibility index (Phi) is 2.54. The highest BCUT2D eigenvalue weighted by molar-refractivity contribution is 5.68. The van der Waals surface area contributed by atoms with E-state index in [4.69, 9.17) is 0 Å². The molecule has 15 heavy (non-hydrogen) atoms. The fourth-order valence-electron chi connectivity index (χ4n) is 1.84. The van der Waals surface area contributed by atoms with Gasteiger partial charge in [0.25, 0.3) is 0 Å². The third-order valence-corrected chi connectivity index (χ3v) is 2.57. The number of aromatic nitrogens is 2. The maximum Gasteiger partial charge on any atom is 0.124 e. The van der Waals surface area contributed by atoms with Crippen molar-refractivity contribution in [3.05, 3.63) is 35.7 Å². The fraction of sp³-hybridized carbons (Fsp3) is 0.333. The van der Waals surface area contributed by atoms with Gasteiger partial charge in [0.2, 0.25) is 0 Å². The van der Waals surface area contributed by atoms with E-state index < -0.39 is 0 Å². The average Bonchev–Trinajstić information content (AvgIpc) is 2.62. The first-order chi connectivity index (χ1) is 7.24. The van der Waals surface area contributed by atoms with Crippen LogP contribution in [0.5, 0.6) is 0 Å². The molecule has 0 aliphatic carbocycles. The van der Waals surface area contributed by atoms with Crippen LogP contribution in [-0.2, 0) is 11.2 Å². The van der Waals surface area contributed by atoms with Crippen LogP contribution < -0.4 is 0 Å². The van der Waals surface area contributed by atoms with Crippen molar-refractivity contribution < 1.29 is 4.79 Å².